The molecule has 0 unspecified atom stereocenters. The molecule has 0 bridgehead atoms. The van der Waals surface area contributed by atoms with Gasteiger partial charge in [-0.1, -0.05) is 19.1 Å². The van der Waals surface area contributed by atoms with E-state index in [1.54, 1.807) is 57.4 Å². The predicted octanol–water partition coefficient (Wildman–Crippen LogP) is 4.35. The lowest BCUT2D eigenvalue weighted by Crippen LogP contribution is -2.20. The van der Waals surface area contributed by atoms with Gasteiger partial charge >= 0.3 is 5.97 Å². The maximum absolute atomic E-state index is 13.2. The van der Waals surface area contributed by atoms with Crippen LogP contribution in [-0.4, -0.2) is 18.9 Å². The molecule has 0 heterocycles. The van der Waals surface area contributed by atoms with Gasteiger partial charge in [-0.2, -0.15) is 0 Å². The highest BCUT2D eigenvalue weighted by atomic mass is 19.1. The highest BCUT2D eigenvalue weighted by molar-refractivity contribution is 5.98. The smallest absolute Gasteiger partial charge is 0.309 e. The summed E-state index contributed by atoms with van der Waals surface area (Å²) in [5.74, 6) is -0.953. The molecule has 0 radical (unpaired) electrons. The number of esters is 1. The molecule has 0 aliphatic heterocycles. The highest BCUT2D eigenvalue weighted by Gasteiger charge is 2.22. The summed E-state index contributed by atoms with van der Waals surface area (Å²) < 4.78 is 23.6. The molecule has 2 rings (SSSR count). The molecule has 0 aliphatic carbocycles. The molecule has 5 heteroatoms. The van der Waals surface area contributed by atoms with Gasteiger partial charge in [0.05, 0.1) is 13.0 Å². The molecular weight excluding hydrogens is 323 g/mol. The van der Waals surface area contributed by atoms with E-state index in [0.29, 0.717) is 16.9 Å². The fraction of sp³-hybridized carbons (Fsp3) is 0.300. The van der Waals surface area contributed by atoms with E-state index in [-0.39, 0.29) is 18.0 Å². The average Bonchev–Trinajstić information content (AvgIpc) is 2.61. The van der Waals surface area contributed by atoms with E-state index in [9.17, 15) is 14.0 Å². The van der Waals surface area contributed by atoms with E-state index in [1.165, 1.54) is 12.1 Å². The normalized spacial score (nSPS) is 13.0. The third-order valence-corrected chi connectivity index (χ3v) is 3.92. The van der Waals surface area contributed by atoms with Gasteiger partial charge in [0.15, 0.2) is 5.78 Å². The Bertz CT molecular complexity index is 740. The van der Waals surface area contributed by atoms with E-state index in [0.717, 1.165) is 0 Å². The van der Waals surface area contributed by atoms with Crippen molar-refractivity contribution in [2.75, 3.05) is 7.11 Å². The number of benzene rings is 2. The van der Waals surface area contributed by atoms with E-state index in [4.69, 9.17) is 9.47 Å². The molecule has 0 aliphatic rings. The molecule has 25 heavy (non-hydrogen) atoms. The van der Waals surface area contributed by atoms with Gasteiger partial charge in [-0.3, -0.25) is 9.59 Å². The van der Waals surface area contributed by atoms with Crippen molar-refractivity contribution in [3.05, 3.63) is 65.5 Å². The molecule has 0 saturated heterocycles. The van der Waals surface area contributed by atoms with Crippen molar-refractivity contribution >= 4 is 11.8 Å². The van der Waals surface area contributed by atoms with Gasteiger partial charge < -0.3 is 9.47 Å². The van der Waals surface area contributed by atoms with Crippen LogP contribution in [0.2, 0.25) is 0 Å². The number of halogens is 1. The van der Waals surface area contributed by atoms with Crippen molar-refractivity contribution in [1.29, 1.82) is 0 Å². The predicted molar refractivity (Wildman–Crippen MR) is 92.0 cm³/mol. The highest BCUT2D eigenvalue weighted by Crippen LogP contribution is 2.21. The summed E-state index contributed by atoms with van der Waals surface area (Å²) in [7, 11) is 1.55. The monoisotopic (exact) mass is 344 g/mol. The molecule has 4 nitrogen and oxygen atoms in total. The van der Waals surface area contributed by atoms with Crippen molar-refractivity contribution in [2.24, 2.45) is 5.92 Å². The van der Waals surface area contributed by atoms with Gasteiger partial charge in [0.2, 0.25) is 0 Å². The Hall–Kier alpha value is -2.69. The first-order valence-electron chi connectivity index (χ1n) is 8.04. The Labute approximate surface area is 146 Å². The second-order valence-electron chi connectivity index (χ2n) is 5.89. The zero-order chi connectivity index (χ0) is 18.4. The second kappa shape index (κ2) is 8.42. The third-order valence-electron chi connectivity index (χ3n) is 3.92. The summed E-state index contributed by atoms with van der Waals surface area (Å²) in [5.41, 5.74) is 1.08. The molecule has 2 aromatic carbocycles. The van der Waals surface area contributed by atoms with Crippen LogP contribution in [0, 0.1) is 11.7 Å². The van der Waals surface area contributed by atoms with Crippen LogP contribution in [0.25, 0.3) is 0 Å². The van der Waals surface area contributed by atoms with E-state index >= 15 is 0 Å². The number of ketones is 1. The summed E-state index contributed by atoms with van der Waals surface area (Å²) in [6.45, 7) is 3.31. The molecule has 2 aromatic rings. The Morgan fingerprint density at radius 3 is 2.36 bits per heavy atom. The van der Waals surface area contributed by atoms with Crippen LogP contribution in [0.3, 0.4) is 0 Å². The largest absolute Gasteiger partial charge is 0.497 e. The zero-order valence-electron chi connectivity index (χ0n) is 14.5. The minimum absolute atomic E-state index is 0.0427. The number of rotatable bonds is 7. The summed E-state index contributed by atoms with van der Waals surface area (Å²) in [5, 5.41) is 0. The summed E-state index contributed by atoms with van der Waals surface area (Å²) in [6, 6.07) is 12.6. The molecule has 0 spiro atoms. The standard InChI is InChI=1S/C20H21FO4/c1-13(11-19(22)15-7-9-18(24-3)10-8-15)20(23)25-14(2)16-5-4-6-17(21)12-16/h4-10,12-14H,11H2,1-3H3/t13-,14+/m1/s1. The SMILES string of the molecule is COc1ccc(C(=O)C[C@@H](C)C(=O)O[C@@H](C)c2cccc(F)c2)cc1. The van der Waals surface area contributed by atoms with E-state index in [2.05, 4.69) is 0 Å². The molecular formula is C20H21FO4. The van der Waals surface area contributed by atoms with Crippen LogP contribution in [0.4, 0.5) is 4.39 Å². The molecule has 132 valence electrons. The fourth-order valence-electron chi connectivity index (χ4n) is 2.37. The molecule has 0 amide bonds. The van der Waals surface area contributed by atoms with Gasteiger partial charge in [-0.05, 0) is 48.9 Å². The molecule has 0 saturated carbocycles. The van der Waals surface area contributed by atoms with E-state index in [1.807, 2.05) is 0 Å². The van der Waals surface area contributed by atoms with Crippen LogP contribution < -0.4 is 4.74 Å². The van der Waals surface area contributed by atoms with Crippen molar-refractivity contribution in [3.63, 3.8) is 0 Å². The van der Waals surface area contributed by atoms with Crippen LogP contribution >= 0.6 is 0 Å². The number of ether oxygens (including phenoxy) is 2. The Balaban J connectivity index is 1.93. The van der Waals surface area contributed by atoms with Crippen LogP contribution in [0.1, 0.15) is 42.3 Å². The molecule has 0 aromatic heterocycles. The van der Waals surface area contributed by atoms with Gasteiger partial charge in [-0.25, -0.2) is 4.39 Å². The fourth-order valence-corrected chi connectivity index (χ4v) is 2.37. The average molecular weight is 344 g/mol. The van der Waals surface area contributed by atoms with Gasteiger partial charge in [-0.15, -0.1) is 0 Å². The zero-order valence-corrected chi connectivity index (χ0v) is 14.5. The summed E-state index contributed by atoms with van der Waals surface area (Å²) in [4.78, 5) is 24.5. The molecule has 0 fully saturated rings. The van der Waals surface area contributed by atoms with Crippen molar-refractivity contribution in [1.82, 2.24) is 0 Å². The van der Waals surface area contributed by atoms with Crippen LogP contribution in [0.15, 0.2) is 48.5 Å². The summed E-state index contributed by atoms with van der Waals surface area (Å²) in [6.07, 6.45) is -0.539. The first-order chi connectivity index (χ1) is 11.9. The van der Waals surface area contributed by atoms with Crippen LogP contribution in [0.5, 0.6) is 5.75 Å². The Morgan fingerprint density at radius 2 is 1.76 bits per heavy atom. The van der Waals surface area contributed by atoms with Crippen molar-refractivity contribution < 1.29 is 23.5 Å². The van der Waals surface area contributed by atoms with Gasteiger partial charge in [0, 0.05) is 12.0 Å². The maximum Gasteiger partial charge on any atom is 0.309 e. The van der Waals surface area contributed by atoms with E-state index < -0.39 is 18.0 Å². The first-order valence-corrected chi connectivity index (χ1v) is 8.04. The quantitative estimate of drug-likeness (QED) is 0.553. The number of carbonyl (C=O) groups excluding carboxylic acids is 2. The minimum atomic E-state index is -0.592. The number of hydrogen-bond donors (Lipinski definition) is 0. The Morgan fingerprint density at radius 1 is 1.08 bits per heavy atom. The van der Waals surface area contributed by atoms with Crippen LogP contribution in [-0.2, 0) is 9.53 Å². The van der Waals surface area contributed by atoms with Crippen molar-refractivity contribution in [3.8, 4) is 5.75 Å². The number of methoxy groups -OCH3 is 1. The lowest BCUT2D eigenvalue weighted by Gasteiger charge is -2.17. The third kappa shape index (κ3) is 5.14. The lowest BCUT2D eigenvalue weighted by atomic mass is 9.99. The van der Waals surface area contributed by atoms with Gasteiger partial charge in [0.1, 0.15) is 17.7 Å². The maximum atomic E-state index is 13.2. The first kappa shape index (κ1) is 18.6. The second-order valence-corrected chi connectivity index (χ2v) is 5.89. The van der Waals surface area contributed by atoms with Gasteiger partial charge in [0.25, 0.3) is 0 Å². The minimum Gasteiger partial charge on any atom is -0.497 e. The number of Topliss-reactive ketones (excluding diaryl/α,β-unsaturated/α-hetero) is 1. The molecule has 0 N–H and O–H groups in total. The summed E-state index contributed by atoms with van der Waals surface area (Å²) >= 11 is 0. The topological polar surface area (TPSA) is 52.6 Å². The number of carbonyl (C=O) groups is 2. The molecule has 2 atom stereocenters. The number of hydrogen-bond acceptors (Lipinski definition) is 4. The Kier molecular flexibility index (Phi) is 6.28. The lowest BCUT2D eigenvalue weighted by molar-refractivity contribution is -0.152. The van der Waals surface area contributed by atoms with Crippen molar-refractivity contribution in [2.45, 2.75) is 26.4 Å².